The highest BCUT2D eigenvalue weighted by molar-refractivity contribution is 7.85. The number of unbranched alkanes of at least 4 members (excludes halogenated alkanes) is 2. The molecule has 21 heavy (non-hydrogen) atoms. The Morgan fingerprint density at radius 2 is 2.24 bits per heavy atom. The SMILES string of the molecule is CCCCCS(=O)CC(=O)Nc1nc2ccc(N)cc2s1. The molecule has 1 heterocycles. The summed E-state index contributed by atoms with van der Waals surface area (Å²) in [5.41, 5.74) is 7.18. The molecular weight excluding hydrogens is 306 g/mol. The zero-order valence-electron chi connectivity index (χ0n) is 11.9. The molecule has 0 bridgehead atoms. The molecule has 1 atom stereocenters. The highest BCUT2D eigenvalue weighted by Gasteiger charge is 2.11. The lowest BCUT2D eigenvalue weighted by Crippen LogP contribution is -2.20. The lowest BCUT2D eigenvalue weighted by Gasteiger charge is -2.02. The van der Waals surface area contributed by atoms with E-state index in [9.17, 15) is 9.00 Å². The van der Waals surface area contributed by atoms with Crippen LogP contribution >= 0.6 is 11.3 Å². The van der Waals surface area contributed by atoms with Gasteiger partial charge >= 0.3 is 0 Å². The molecule has 0 aliphatic carbocycles. The van der Waals surface area contributed by atoms with Gasteiger partial charge in [-0.25, -0.2) is 4.98 Å². The van der Waals surface area contributed by atoms with Gasteiger partial charge in [-0.3, -0.25) is 9.00 Å². The van der Waals surface area contributed by atoms with E-state index in [1.807, 2.05) is 12.1 Å². The van der Waals surface area contributed by atoms with Crippen LogP contribution in [-0.2, 0) is 15.6 Å². The fraction of sp³-hybridized carbons (Fsp3) is 0.429. The molecule has 2 rings (SSSR count). The van der Waals surface area contributed by atoms with E-state index in [2.05, 4.69) is 17.2 Å². The van der Waals surface area contributed by atoms with Crippen LogP contribution in [0.5, 0.6) is 0 Å². The maximum atomic E-state index is 11.8. The van der Waals surface area contributed by atoms with Gasteiger partial charge in [-0.05, 0) is 24.6 Å². The molecule has 1 aromatic carbocycles. The molecule has 2 aromatic rings. The van der Waals surface area contributed by atoms with Crippen LogP contribution in [0, 0.1) is 0 Å². The molecular formula is C14H19N3O2S2. The molecule has 0 aliphatic heterocycles. The number of nitrogens with zero attached hydrogens (tertiary/aromatic N) is 1. The van der Waals surface area contributed by atoms with E-state index in [1.165, 1.54) is 11.3 Å². The number of aromatic nitrogens is 1. The van der Waals surface area contributed by atoms with Crippen molar-refractivity contribution in [3.8, 4) is 0 Å². The number of fused-ring (bicyclic) bond motifs is 1. The Hall–Kier alpha value is -1.47. The van der Waals surface area contributed by atoms with E-state index in [1.54, 1.807) is 6.07 Å². The third-order valence-electron chi connectivity index (χ3n) is 2.93. The Morgan fingerprint density at radius 1 is 1.43 bits per heavy atom. The largest absolute Gasteiger partial charge is 0.399 e. The van der Waals surface area contributed by atoms with Gasteiger partial charge < -0.3 is 11.1 Å². The Bertz CT molecular complexity index is 655. The first-order chi connectivity index (χ1) is 10.1. The summed E-state index contributed by atoms with van der Waals surface area (Å²) in [7, 11) is -1.10. The van der Waals surface area contributed by atoms with Gasteiger partial charge in [0.25, 0.3) is 0 Å². The van der Waals surface area contributed by atoms with Crippen LogP contribution in [0.3, 0.4) is 0 Å². The minimum atomic E-state index is -1.10. The van der Waals surface area contributed by atoms with Crippen molar-refractivity contribution in [2.24, 2.45) is 0 Å². The Balaban J connectivity index is 1.90. The van der Waals surface area contributed by atoms with Crippen LogP contribution in [0.4, 0.5) is 10.8 Å². The van der Waals surface area contributed by atoms with Gasteiger partial charge in [-0.1, -0.05) is 31.1 Å². The number of benzene rings is 1. The van der Waals surface area contributed by atoms with Crippen molar-refractivity contribution in [1.82, 2.24) is 4.98 Å². The first-order valence-corrected chi connectivity index (χ1v) is 9.20. The van der Waals surface area contributed by atoms with Crippen molar-refractivity contribution in [1.29, 1.82) is 0 Å². The zero-order valence-corrected chi connectivity index (χ0v) is 13.6. The standard InChI is InChI=1S/C14H19N3O2S2/c1-2-3-4-7-21(19)9-13(18)17-14-16-11-6-5-10(15)8-12(11)20-14/h5-6,8H,2-4,7,9,15H2,1H3,(H,16,17,18). The number of nitrogen functional groups attached to an aromatic ring is 1. The predicted molar refractivity (Wildman–Crippen MR) is 90.1 cm³/mol. The molecule has 1 aromatic heterocycles. The number of hydrogen-bond acceptors (Lipinski definition) is 5. The van der Waals surface area contributed by atoms with Gasteiger partial charge in [-0.2, -0.15) is 0 Å². The number of nitrogens with two attached hydrogens (primary N) is 1. The predicted octanol–water partition coefficient (Wildman–Crippen LogP) is 2.76. The maximum Gasteiger partial charge on any atom is 0.238 e. The molecule has 0 radical (unpaired) electrons. The number of carbonyl (C=O) groups excluding carboxylic acids is 1. The van der Waals surface area contributed by atoms with Crippen LogP contribution in [-0.4, -0.2) is 26.6 Å². The van der Waals surface area contributed by atoms with Gasteiger partial charge in [0.15, 0.2) is 5.13 Å². The van der Waals surface area contributed by atoms with Crippen LogP contribution in [0.25, 0.3) is 10.2 Å². The maximum absolute atomic E-state index is 11.8. The van der Waals surface area contributed by atoms with Gasteiger partial charge in [0.05, 0.1) is 10.2 Å². The number of thiazole rings is 1. The van der Waals surface area contributed by atoms with Crippen LogP contribution in [0.15, 0.2) is 18.2 Å². The van der Waals surface area contributed by atoms with E-state index >= 15 is 0 Å². The summed E-state index contributed by atoms with van der Waals surface area (Å²) in [5, 5.41) is 3.23. The summed E-state index contributed by atoms with van der Waals surface area (Å²) in [6.45, 7) is 2.09. The van der Waals surface area contributed by atoms with Gasteiger partial charge in [0.2, 0.25) is 5.91 Å². The Morgan fingerprint density at radius 3 is 3.00 bits per heavy atom. The molecule has 7 heteroatoms. The van der Waals surface area contributed by atoms with E-state index in [4.69, 9.17) is 5.73 Å². The lowest BCUT2D eigenvalue weighted by atomic mass is 10.3. The average Bonchev–Trinajstić information content (AvgIpc) is 2.79. The minimum absolute atomic E-state index is 0.0295. The molecule has 0 spiro atoms. The van der Waals surface area contributed by atoms with Gasteiger partial charge in [0.1, 0.15) is 5.75 Å². The molecule has 1 amide bonds. The molecule has 0 saturated carbocycles. The van der Waals surface area contributed by atoms with Crippen molar-refractivity contribution >= 4 is 49.1 Å². The third-order valence-corrected chi connectivity index (χ3v) is 5.19. The number of carbonyl (C=O) groups is 1. The third kappa shape index (κ3) is 4.78. The zero-order chi connectivity index (χ0) is 15.2. The first-order valence-electron chi connectivity index (χ1n) is 6.89. The van der Waals surface area contributed by atoms with E-state index in [0.717, 1.165) is 29.5 Å². The number of rotatable bonds is 7. The summed E-state index contributed by atoms with van der Waals surface area (Å²) in [4.78, 5) is 16.1. The Kier molecular flexibility index (Phi) is 5.69. The second-order valence-corrected chi connectivity index (χ2v) is 7.40. The Labute approximate surface area is 130 Å². The fourth-order valence-corrected chi connectivity index (χ4v) is 3.85. The monoisotopic (exact) mass is 325 g/mol. The summed E-state index contributed by atoms with van der Waals surface area (Å²) in [6.07, 6.45) is 3.03. The summed E-state index contributed by atoms with van der Waals surface area (Å²) < 4.78 is 12.7. The highest BCUT2D eigenvalue weighted by Crippen LogP contribution is 2.27. The van der Waals surface area contributed by atoms with E-state index < -0.39 is 10.8 Å². The smallest absolute Gasteiger partial charge is 0.238 e. The first kappa shape index (κ1) is 15.9. The van der Waals surface area contributed by atoms with Crippen molar-refractivity contribution < 1.29 is 9.00 Å². The van der Waals surface area contributed by atoms with Crippen molar-refractivity contribution in [3.05, 3.63) is 18.2 Å². The second-order valence-electron chi connectivity index (χ2n) is 4.79. The molecule has 0 aliphatic rings. The van der Waals surface area contributed by atoms with Crippen molar-refractivity contribution in [2.45, 2.75) is 26.2 Å². The quantitative estimate of drug-likeness (QED) is 0.605. The second kappa shape index (κ2) is 7.51. The molecule has 114 valence electrons. The van der Waals surface area contributed by atoms with Crippen molar-refractivity contribution in [3.63, 3.8) is 0 Å². The molecule has 5 nitrogen and oxygen atoms in total. The molecule has 1 unspecified atom stereocenters. The fourth-order valence-electron chi connectivity index (χ4n) is 1.88. The summed E-state index contributed by atoms with van der Waals surface area (Å²) >= 11 is 1.37. The van der Waals surface area contributed by atoms with E-state index in [0.29, 0.717) is 16.6 Å². The number of nitrogens with one attached hydrogen (secondary N) is 1. The minimum Gasteiger partial charge on any atom is -0.399 e. The molecule has 3 N–H and O–H groups in total. The normalized spacial score (nSPS) is 12.4. The molecule has 0 fully saturated rings. The van der Waals surface area contributed by atoms with Crippen molar-refractivity contribution in [2.75, 3.05) is 22.6 Å². The summed E-state index contributed by atoms with van der Waals surface area (Å²) in [5.74, 6) is 0.358. The topological polar surface area (TPSA) is 85.1 Å². The average molecular weight is 325 g/mol. The van der Waals surface area contributed by atoms with Crippen LogP contribution in [0.2, 0.25) is 0 Å². The lowest BCUT2D eigenvalue weighted by molar-refractivity contribution is -0.113. The number of anilines is 2. The van der Waals surface area contributed by atoms with Gasteiger partial charge in [0, 0.05) is 22.2 Å². The van der Waals surface area contributed by atoms with Crippen LogP contribution < -0.4 is 11.1 Å². The number of hydrogen-bond donors (Lipinski definition) is 2. The molecule has 0 saturated heterocycles. The summed E-state index contributed by atoms with van der Waals surface area (Å²) in [6, 6.07) is 5.42. The van der Waals surface area contributed by atoms with Crippen LogP contribution in [0.1, 0.15) is 26.2 Å². The van der Waals surface area contributed by atoms with E-state index in [-0.39, 0.29) is 11.7 Å². The number of amides is 1. The van der Waals surface area contributed by atoms with Gasteiger partial charge in [-0.15, -0.1) is 0 Å². The highest BCUT2D eigenvalue weighted by atomic mass is 32.2.